The highest BCUT2D eigenvalue weighted by molar-refractivity contribution is 4.94. The van der Waals surface area contributed by atoms with E-state index < -0.39 is 74.6 Å². The molecule has 8 N–H and O–H groups in total. The van der Waals surface area contributed by atoms with Crippen LogP contribution in [0.3, 0.4) is 0 Å². The first-order valence-electron chi connectivity index (χ1n) is 7.04. The second kappa shape index (κ2) is 7.21. The summed E-state index contributed by atoms with van der Waals surface area (Å²) in [4.78, 5) is 0. The Morgan fingerprint density at radius 2 is 1.61 bits per heavy atom. The number of hydrogen-bond donors (Lipinski definition) is 8. The summed E-state index contributed by atoms with van der Waals surface area (Å²) in [6.07, 6.45) is -12.5. The molecule has 2 fully saturated rings. The SMILES string of the molecule is OC[C@H]1O[C@H](O[C@@H]2CO[C@@](O)(CO)[C@H](O)[C@H]2O)[C@@H](O)[C@H](O)[C@@H]1O. The molecule has 0 aliphatic carbocycles. The first-order chi connectivity index (χ1) is 10.7. The monoisotopic (exact) mass is 342 g/mol. The molecule has 2 rings (SSSR count). The van der Waals surface area contributed by atoms with E-state index in [1.165, 1.54) is 0 Å². The van der Waals surface area contributed by atoms with Crippen molar-refractivity contribution < 1.29 is 55.1 Å². The Bertz CT molecular complexity index is 393. The molecule has 0 amide bonds. The minimum Gasteiger partial charge on any atom is -0.394 e. The summed E-state index contributed by atoms with van der Waals surface area (Å²) in [6.45, 7) is -2.07. The maximum atomic E-state index is 9.94. The fourth-order valence-corrected chi connectivity index (χ4v) is 2.49. The lowest BCUT2D eigenvalue weighted by Crippen LogP contribution is -2.65. The second-order valence-corrected chi connectivity index (χ2v) is 5.62. The Balaban J connectivity index is 2.04. The molecule has 136 valence electrons. The summed E-state index contributed by atoms with van der Waals surface area (Å²) in [5.74, 6) is -2.35. The van der Waals surface area contributed by atoms with E-state index in [0.717, 1.165) is 0 Å². The van der Waals surface area contributed by atoms with Gasteiger partial charge in [-0.05, 0) is 0 Å². The highest BCUT2D eigenvalue weighted by Crippen LogP contribution is 2.29. The largest absolute Gasteiger partial charge is 0.394 e. The summed E-state index contributed by atoms with van der Waals surface area (Å²) in [7, 11) is 0. The number of rotatable bonds is 4. The van der Waals surface area contributed by atoms with Crippen molar-refractivity contribution in [1.29, 1.82) is 0 Å². The standard InChI is InChI=1S/C12H22O11/c13-1-4-6(15)8(17)9(18)11(22-4)23-5-2-21-12(20,3-14)10(19)7(5)16/h4-11,13-20H,1-3H2/t4-,5-,6-,7+,8-,9+,10-,11-,12+/m1/s1. The third-order valence-corrected chi connectivity index (χ3v) is 4.05. The number of aliphatic hydroxyl groups is 8. The first-order valence-corrected chi connectivity index (χ1v) is 7.04. The van der Waals surface area contributed by atoms with E-state index in [2.05, 4.69) is 0 Å². The van der Waals surface area contributed by atoms with E-state index >= 15 is 0 Å². The summed E-state index contributed by atoms with van der Waals surface area (Å²) in [5, 5.41) is 76.6. The van der Waals surface area contributed by atoms with Gasteiger partial charge in [-0.2, -0.15) is 0 Å². The van der Waals surface area contributed by atoms with Crippen molar-refractivity contribution >= 4 is 0 Å². The molecule has 23 heavy (non-hydrogen) atoms. The Kier molecular flexibility index (Phi) is 5.92. The van der Waals surface area contributed by atoms with Gasteiger partial charge in [0.1, 0.15) is 42.7 Å². The van der Waals surface area contributed by atoms with Crippen molar-refractivity contribution in [2.24, 2.45) is 0 Å². The summed E-state index contributed by atoms with van der Waals surface area (Å²) in [5.41, 5.74) is 0. The predicted molar refractivity (Wildman–Crippen MR) is 68.6 cm³/mol. The normalized spacial score (nSPS) is 51.7. The lowest BCUT2D eigenvalue weighted by molar-refractivity contribution is -0.367. The van der Waals surface area contributed by atoms with Crippen LogP contribution in [0.4, 0.5) is 0 Å². The van der Waals surface area contributed by atoms with Crippen LogP contribution in [0.1, 0.15) is 0 Å². The van der Waals surface area contributed by atoms with Gasteiger partial charge in [0.2, 0.25) is 5.79 Å². The molecule has 11 nitrogen and oxygen atoms in total. The zero-order valence-corrected chi connectivity index (χ0v) is 12.0. The molecule has 0 spiro atoms. The highest BCUT2D eigenvalue weighted by atomic mass is 16.7. The zero-order valence-electron chi connectivity index (χ0n) is 12.0. The summed E-state index contributed by atoms with van der Waals surface area (Å²) >= 11 is 0. The molecule has 0 unspecified atom stereocenters. The molecular weight excluding hydrogens is 320 g/mol. The molecule has 0 bridgehead atoms. The van der Waals surface area contributed by atoms with E-state index in [0.29, 0.717) is 0 Å². The van der Waals surface area contributed by atoms with Gasteiger partial charge in [-0.15, -0.1) is 0 Å². The molecule has 9 atom stereocenters. The van der Waals surface area contributed by atoms with Crippen molar-refractivity contribution in [3.63, 3.8) is 0 Å². The van der Waals surface area contributed by atoms with Crippen LogP contribution in [-0.4, -0.2) is 115 Å². The van der Waals surface area contributed by atoms with Crippen LogP contribution in [0, 0.1) is 0 Å². The van der Waals surface area contributed by atoms with E-state index in [1.54, 1.807) is 0 Å². The smallest absolute Gasteiger partial charge is 0.218 e. The minimum absolute atomic E-state index is 0.454. The summed E-state index contributed by atoms with van der Waals surface area (Å²) in [6, 6.07) is 0. The number of hydrogen-bond acceptors (Lipinski definition) is 11. The van der Waals surface area contributed by atoms with Crippen LogP contribution in [0.15, 0.2) is 0 Å². The molecule has 2 saturated heterocycles. The van der Waals surface area contributed by atoms with E-state index in [9.17, 15) is 30.6 Å². The maximum absolute atomic E-state index is 9.94. The molecule has 2 aliphatic rings. The Labute approximate surface area is 130 Å². The Morgan fingerprint density at radius 3 is 2.17 bits per heavy atom. The van der Waals surface area contributed by atoms with Crippen LogP contribution in [0.25, 0.3) is 0 Å². The number of ether oxygens (including phenoxy) is 3. The predicted octanol–water partition coefficient (Wildman–Crippen LogP) is -5.40. The van der Waals surface area contributed by atoms with Gasteiger partial charge in [0.15, 0.2) is 6.29 Å². The van der Waals surface area contributed by atoms with Crippen LogP contribution in [-0.2, 0) is 14.2 Å². The average molecular weight is 342 g/mol. The van der Waals surface area contributed by atoms with Crippen LogP contribution < -0.4 is 0 Å². The topological polar surface area (TPSA) is 190 Å². The van der Waals surface area contributed by atoms with Crippen molar-refractivity contribution in [3.8, 4) is 0 Å². The van der Waals surface area contributed by atoms with E-state index in [1.807, 2.05) is 0 Å². The lowest BCUT2D eigenvalue weighted by Gasteiger charge is -2.45. The van der Waals surface area contributed by atoms with Gasteiger partial charge in [0.25, 0.3) is 0 Å². The zero-order chi connectivity index (χ0) is 17.4. The van der Waals surface area contributed by atoms with Crippen LogP contribution >= 0.6 is 0 Å². The van der Waals surface area contributed by atoms with Gasteiger partial charge in [-0.3, -0.25) is 0 Å². The molecule has 0 aromatic heterocycles. The maximum Gasteiger partial charge on any atom is 0.218 e. The summed E-state index contributed by atoms with van der Waals surface area (Å²) < 4.78 is 15.2. The van der Waals surface area contributed by atoms with Crippen molar-refractivity contribution in [2.45, 2.75) is 54.8 Å². The van der Waals surface area contributed by atoms with Gasteiger partial charge < -0.3 is 55.1 Å². The van der Waals surface area contributed by atoms with Crippen molar-refractivity contribution in [3.05, 3.63) is 0 Å². The molecule has 2 aliphatic heterocycles. The fourth-order valence-electron chi connectivity index (χ4n) is 2.49. The highest BCUT2D eigenvalue weighted by Gasteiger charge is 2.51. The lowest BCUT2D eigenvalue weighted by atomic mass is 9.96. The molecule has 0 saturated carbocycles. The molecular formula is C12H22O11. The third kappa shape index (κ3) is 3.50. The van der Waals surface area contributed by atoms with Crippen LogP contribution in [0.5, 0.6) is 0 Å². The van der Waals surface area contributed by atoms with Gasteiger partial charge >= 0.3 is 0 Å². The fraction of sp³-hybridized carbons (Fsp3) is 1.00. The van der Waals surface area contributed by atoms with Gasteiger partial charge in [-0.1, -0.05) is 0 Å². The van der Waals surface area contributed by atoms with Crippen LogP contribution in [0.2, 0.25) is 0 Å². The Hall–Kier alpha value is -0.440. The molecule has 0 aromatic rings. The van der Waals surface area contributed by atoms with Crippen molar-refractivity contribution in [1.82, 2.24) is 0 Å². The second-order valence-electron chi connectivity index (χ2n) is 5.62. The van der Waals surface area contributed by atoms with Gasteiger partial charge in [0.05, 0.1) is 19.8 Å². The molecule has 0 aromatic carbocycles. The molecule has 11 heteroatoms. The molecule has 0 radical (unpaired) electrons. The van der Waals surface area contributed by atoms with Crippen molar-refractivity contribution in [2.75, 3.05) is 19.8 Å². The number of aliphatic hydroxyl groups excluding tert-OH is 7. The molecule has 2 heterocycles. The van der Waals surface area contributed by atoms with E-state index in [-0.39, 0.29) is 0 Å². The Morgan fingerprint density at radius 1 is 0.957 bits per heavy atom. The van der Waals surface area contributed by atoms with Gasteiger partial charge in [0, 0.05) is 0 Å². The van der Waals surface area contributed by atoms with E-state index in [4.69, 9.17) is 24.4 Å². The van der Waals surface area contributed by atoms with Gasteiger partial charge in [-0.25, -0.2) is 0 Å². The average Bonchev–Trinajstić information content (AvgIpc) is 2.55. The quantitative estimate of drug-likeness (QED) is 0.243. The minimum atomic E-state index is -2.35. The third-order valence-electron chi connectivity index (χ3n) is 4.05. The first kappa shape index (κ1) is 18.9.